The van der Waals surface area contributed by atoms with Crippen LogP contribution in [0.1, 0.15) is 108 Å². The maximum absolute atomic E-state index is 14.1. The van der Waals surface area contributed by atoms with Gasteiger partial charge in [-0.15, -0.1) is 0 Å². The summed E-state index contributed by atoms with van der Waals surface area (Å²) in [6, 6.07) is 19.9. The van der Waals surface area contributed by atoms with Gasteiger partial charge >= 0.3 is 12.2 Å². The molecule has 71 heavy (non-hydrogen) atoms. The third-order valence-corrected chi connectivity index (χ3v) is 15.7. The number of alkyl carbamates (subject to hydrolysis) is 2. The number of aromatic amines is 2. The van der Waals surface area contributed by atoms with Crippen LogP contribution in [0.5, 0.6) is 0 Å². The SMILES string of the molecule is COC(=O)N[C@H](C(=O)N1CCC[C@H]1c1ncc(-c2ccc(-c3cc(-c4ccc(-c5cnc([C@@H]6CC7(CN6C(=O)[C@@H](NC(=O)OC)C(C)C)OCCO7)[nH]5)cc4)cc4c3CC3(CCCC3)C4)cc2)[nH]1)C(C)C. The second-order valence-corrected chi connectivity index (χ2v) is 20.9. The van der Waals surface area contributed by atoms with Crippen LogP contribution in [0.15, 0.2) is 73.1 Å². The minimum atomic E-state index is -0.937. The van der Waals surface area contributed by atoms with Gasteiger partial charge in [-0.05, 0) is 106 Å². The van der Waals surface area contributed by atoms with Gasteiger partial charge < -0.3 is 49.3 Å². The van der Waals surface area contributed by atoms with E-state index < -0.39 is 36.1 Å². The van der Waals surface area contributed by atoms with Crippen LogP contribution in [-0.4, -0.2) is 112 Å². The van der Waals surface area contributed by atoms with Crippen LogP contribution in [0, 0.1) is 17.3 Å². The zero-order chi connectivity index (χ0) is 49.6. The Morgan fingerprint density at radius 2 is 1.21 bits per heavy atom. The quantitative estimate of drug-likeness (QED) is 0.0939. The van der Waals surface area contributed by atoms with Crippen LogP contribution in [0.3, 0.4) is 0 Å². The minimum absolute atomic E-state index is 0.112. The average molecular weight is 967 g/mol. The summed E-state index contributed by atoms with van der Waals surface area (Å²) < 4.78 is 21.8. The third kappa shape index (κ3) is 9.43. The Balaban J connectivity index is 0.891. The Morgan fingerprint density at radius 3 is 1.77 bits per heavy atom. The summed E-state index contributed by atoms with van der Waals surface area (Å²) in [6.45, 7) is 9.30. The van der Waals surface area contributed by atoms with E-state index in [0.717, 1.165) is 59.6 Å². The highest BCUT2D eigenvalue weighted by molar-refractivity contribution is 5.87. The van der Waals surface area contributed by atoms with Gasteiger partial charge in [0.05, 0.1) is 69.8 Å². The van der Waals surface area contributed by atoms with E-state index in [2.05, 4.69) is 81.3 Å². The number of H-pyrrole nitrogens is 2. The maximum Gasteiger partial charge on any atom is 0.407 e. The standard InChI is InChI=1S/C55H66N8O8/c1-32(2)46(60-52(66)68-5)50(64)62-21-9-10-44(62)48-56-29-42(58-48)37-17-13-35(14-18-37)40-25-38(24-39-26-54(27-41(39)40)19-7-8-20-54)34-11-15-36(16-12-34)43-30-57-49(59-43)45-28-55(70-22-23-71-55)31-63(45)51(65)47(33(3)4)61-53(67)69-6/h11-18,24-25,29-30,32-33,44-47H,7-10,19-23,26-28,31H2,1-6H3,(H,56,58)(H,57,59)(H,60,66)(H,61,67)/t44-,45-,46-,47-/m0/s1. The number of amides is 4. The smallest absolute Gasteiger partial charge is 0.407 e. The van der Waals surface area contributed by atoms with Crippen molar-refractivity contribution in [2.45, 2.75) is 115 Å². The highest BCUT2D eigenvalue weighted by atomic mass is 16.7. The summed E-state index contributed by atoms with van der Waals surface area (Å²) in [6.07, 6.45) is 11.7. The number of nitrogens with zero attached hydrogens (tertiary/aromatic N) is 4. The van der Waals surface area contributed by atoms with E-state index in [1.54, 1.807) is 4.90 Å². The van der Waals surface area contributed by atoms with Crippen LogP contribution in [0.25, 0.3) is 44.8 Å². The number of aromatic nitrogens is 4. The van der Waals surface area contributed by atoms with Gasteiger partial charge in [0, 0.05) is 13.0 Å². The highest BCUT2D eigenvalue weighted by Crippen LogP contribution is 2.52. The summed E-state index contributed by atoms with van der Waals surface area (Å²) in [5.74, 6) is -0.264. The fourth-order valence-corrected chi connectivity index (χ4v) is 11.9. The topological polar surface area (TPSA) is 193 Å². The number of nitrogens with one attached hydrogen (secondary N) is 4. The number of hydrogen-bond acceptors (Lipinski definition) is 10. The Hall–Kier alpha value is -6.52. The molecule has 2 aliphatic carbocycles. The minimum Gasteiger partial charge on any atom is -0.453 e. The van der Waals surface area contributed by atoms with Crippen LogP contribution >= 0.6 is 0 Å². The highest BCUT2D eigenvalue weighted by Gasteiger charge is 2.53. The van der Waals surface area contributed by atoms with Crippen molar-refractivity contribution in [1.82, 2.24) is 40.4 Å². The second kappa shape index (κ2) is 19.6. The summed E-state index contributed by atoms with van der Waals surface area (Å²) in [5, 5.41) is 5.46. The van der Waals surface area contributed by atoms with Gasteiger partial charge in [-0.25, -0.2) is 19.6 Å². The van der Waals surface area contributed by atoms with Crippen molar-refractivity contribution in [3.63, 3.8) is 0 Å². The fourth-order valence-electron chi connectivity index (χ4n) is 11.9. The van der Waals surface area contributed by atoms with Crippen LogP contribution < -0.4 is 10.6 Å². The average Bonchev–Trinajstić information content (AvgIpc) is 4.25. The number of imidazole rings is 2. The van der Waals surface area contributed by atoms with Crippen molar-refractivity contribution in [2.75, 3.05) is 40.5 Å². The summed E-state index contributed by atoms with van der Waals surface area (Å²) in [7, 11) is 2.59. The molecular weight excluding hydrogens is 901 g/mol. The van der Waals surface area contributed by atoms with Gasteiger partial charge in [-0.1, -0.05) is 95.1 Å². The molecule has 0 radical (unpaired) electrons. The van der Waals surface area contributed by atoms with Crippen molar-refractivity contribution in [3.8, 4) is 44.8 Å². The number of carbonyl (C=O) groups excluding carboxylic acids is 4. The number of fused-ring (bicyclic) bond motifs is 1. The first-order valence-electron chi connectivity index (χ1n) is 25.3. The Morgan fingerprint density at radius 1 is 0.676 bits per heavy atom. The zero-order valence-corrected chi connectivity index (χ0v) is 41.6. The van der Waals surface area contributed by atoms with Crippen molar-refractivity contribution in [1.29, 1.82) is 0 Å². The largest absolute Gasteiger partial charge is 0.453 e. The molecule has 5 aromatic rings. The predicted molar refractivity (Wildman–Crippen MR) is 267 cm³/mol. The molecule has 4 atom stereocenters. The summed E-state index contributed by atoms with van der Waals surface area (Å²) in [5.41, 5.74) is 11.6. The number of methoxy groups -OCH3 is 2. The van der Waals surface area contributed by atoms with Crippen molar-refractivity contribution in [2.24, 2.45) is 17.3 Å². The summed E-state index contributed by atoms with van der Waals surface area (Å²) >= 11 is 0. The molecule has 374 valence electrons. The number of ether oxygens (including phenoxy) is 4. The third-order valence-electron chi connectivity index (χ3n) is 15.7. The molecule has 4 fully saturated rings. The molecule has 0 bridgehead atoms. The molecule has 2 aromatic heterocycles. The van der Waals surface area contributed by atoms with E-state index in [1.807, 2.05) is 45.0 Å². The molecule has 16 nitrogen and oxygen atoms in total. The molecule has 5 heterocycles. The second-order valence-electron chi connectivity index (χ2n) is 20.9. The normalized spacial score (nSPS) is 20.8. The number of rotatable bonds is 12. The molecule has 0 unspecified atom stereocenters. The lowest BCUT2D eigenvalue weighted by Crippen LogP contribution is -2.52. The molecule has 3 aromatic carbocycles. The molecule has 3 aliphatic heterocycles. The van der Waals surface area contributed by atoms with Crippen molar-refractivity contribution >= 4 is 24.0 Å². The van der Waals surface area contributed by atoms with Gasteiger partial charge in [0.2, 0.25) is 11.8 Å². The molecule has 3 saturated heterocycles. The molecule has 2 spiro atoms. The fraction of sp³-hybridized carbons (Fsp3) is 0.491. The molecule has 16 heteroatoms. The molecule has 4 amide bonds. The van der Waals surface area contributed by atoms with Crippen LogP contribution in [0.2, 0.25) is 0 Å². The Kier molecular flexibility index (Phi) is 13.3. The first-order chi connectivity index (χ1) is 34.3. The van der Waals surface area contributed by atoms with Gasteiger partial charge in [-0.2, -0.15) is 0 Å². The maximum atomic E-state index is 14.1. The zero-order valence-electron chi connectivity index (χ0n) is 41.6. The number of benzene rings is 3. The molecule has 5 aliphatic rings. The Bertz CT molecular complexity index is 2770. The van der Waals surface area contributed by atoms with Crippen LogP contribution in [0.4, 0.5) is 9.59 Å². The van der Waals surface area contributed by atoms with Gasteiger partial charge in [0.25, 0.3) is 0 Å². The van der Waals surface area contributed by atoms with E-state index in [4.69, 9.17) is 28.9 Å². The number of carbonyl (C=O) groups is 4. The lowest BCUT2D eigenvalue weighted by molar-refractivity contribution is -0.153. The summed E-state index contributed by atoms with van der Waals surface area (Å²) in [4.78, 5) is 72.5. The molecular formula is C55H66N8O8. The lowest BCUT2D eigenvalue weighted by atomic mass is 9.83. The van der Waals surface area contributed by atoms with Crippen LogP contribution in [-0.2, 0) is 41.4 Å². The number of likely N-dealkylation sites (tertiary alicyclic amines) is 2. The van der Waals surface area contributed by atoms with Gasteiger partial charge in [0.15, 0.2) is 5.79 Å². The first-order valence-corrected chi connectivity index (χ1v) is 25.3. The van der Waals surface area contributed by atoms with Gasteiger partial charge in [0.1, 0.15) is 23.7 Å². The lowest BCUT2D eigenvalue weighted by Gasteiger charge is -2.30. The van der Waals surface area contributed by atoms with E-state index in [-0.39, 0.29) is 36.2 Å². The van der Waals surface area contributed by atoms with Crippen molar-refractivity contribution in [3.05, 3.63) is 95.8 Å². The van der Waals surface area contributed by atoms with E-state index in [1.165, 1.54) is 67.7 Å². The van der Waals surface area contributed by atoms with E-state index >= 15 is 0 Å². The van der Waals surface area contributed by atoms with Crippen molar-refractivity contribution < 1.29 is 38.1 Å². The van der Waals surface area contributed by atoms with Gasteiger partial charge in [-0.3, -0.25) is 9.59 Å². The van der Waals surface area contributed by atoms with E-state index in [0.29, 0.717) is 37.4 Å². The monoisotopic (exact) mass is 967 g/mol. The molecule has 10 rings (SSSR count). The number of hydrogen-bond donors (Lipinski definition) is 4. The molecule has 4 N–H and O–H groups in total. The van der Waals surface area contributed by atoms with E-state index in [9.17, 15) is 19.2 Å². The molecule has 1 saturated carbocycles. The predicted octanol–water partition coefficient (Wildman–Crippen LogP) is 8.90. The first kappa shape index (κ1) is 48.1. The Labute approximate surface area is 415 Å².